The third-order valence-electron chi connectivity index (χ3n) is 6.77. The van der Waals surface area contributed by atoms with Crippen molar-refractivity contribution >= 4 is 34.5 Å². The number of rotatable bonds is 7. The van der Waals surface area contributed by atoms with Crippen LogP contribution in [0.5, 0.6) is 11.5 Å². The van der Waals surface area contributed by atoms with Crippen molar-refractivity contribution in [1.82, 2.24) is 25.1 Å². The van der Waals surface area contributed by atoms with E-state index in [1.54, 1.807) is 11.8 Å². The van der Waals surface area contributed by atoms with Gasteiger partial charge in [0, 0.05) is 36.0 Å². The van der Waals surface area contributed by atoms with Crippen LogP contribution in [0.25, 0.3) is 11.0 Å². The molecule has 37 heavy (non-hydrogen) atoms. The van der Waals surface area contributed by atoms with E-state index in [1.807, 2.05) is 59.4 Å². The standard InChI is InChI=1S/C28H30N6O2S/c1-18(2)37-28-31-25(33-14-7-8-15-33)21-17-30-34(26(21)32-28)16-13-29-27(35)24-19-9-3-5-11-22(19)36-23-12-6-4-10-20(23)24/h3-6,9-12,17-18,24H,7-8,13-16H2,1-2H3,(H,29,35). The number of thioether (sulfide) groups is 1. The summed E-state index contributed by atoms with van der Waals surface area (Å²) in [6, 6.07) is 15.5. The minimum atomic E-state index is -0.423. The lowest BCUT2D eigenvalue weighted by Crippen LogP contribution is -2.34. The van der Waals surface area contributed by atoms with Crippen LogP contribution < -0.4 is 15.0 Å². The Balaban J connectivity index is 1.23. The topological polar surface area (TPSA) is 85.2 Å². The Hall–Kier alpha value is -3.59. The van der Waals surface area contributed by atoms with Crippen LogP contribution in [0.4, 0.5) is 5.82 Å². The molecule has 0 atom stereocenters. The highest BCUT2D eigenvalue weighted by Crippen LogP contribution is 2.43. The van der Waals surface area contributed by atoms with E-state index < -0.39 is 5.92 Å². The van der Waals surface area contributed by atoms with E-state index in [4.69, 9.17) is 14.7 Å². The Morgan fingerprint density at radius 1 is 1.05 bits per heavy atom. The molecule has 4 aromatic rings. The fraction of sp³-hybridized carbons (Fsp3) is 0.357. The molecule has 1 N–H and O–H groups in total. The smallest absolute Gasteiger partial charge is 0.232 e. The molecule has 1 fully saturated rings. The van der Waals surface area contributed by atoms with E-state index in [0.29, 0.717) is 18.3 Å². The number of carbonyl (C=O) groups is 1. The first-order chi connectivity index (χ1) is 18.1. The second-order valence-corrected chi connectivity index (χ2v) is 11.2. The highest BCUT2D eigenvalue weighted by molar-refractivity contribution is 7.99. The third-order valence-corrected chi connectivity index (χ3v) is 7.63. The van der Waals surface area contributed by atoms with E-state index in [1.165, 1.54) is 12.8 Å². The van der Waals surface area contributed by atoms with Gasteiger partial charge in [-0.2, -0.15) is 5.10 Å². The molecule has 1 saturated heterocycles. The van der Waals surface area contributed by atoms with Crippen LogP contribution >= 0.6 is 11.8 Å². The fourth-order valence-electron chi connectivity index (χ4n) is 5.10. The third kappa shape index (κ3) is 4.64. The lowest BCUT2D eigenvalue weighted by atomic mass is 9.87. The average Bonchev–Trinajstić information content (AvgIpc) is 3.57. The summed E-state index contributed by atoms with van der Waals surface area (Å²) in [4.78, 5) is 25.6. The van der Waals surface area contributed by atoms with Crippen molar-refractivity contribution < 1.29 is 9.53 Å². The number of hydrogen-bond donors (Lipinski definition) is 1. The van der Waals surface area contributed by atoms with Crippen molar-refractivity contribution in [2.45, 2.75) is 49.6 Å². The first-order valence-corrected chi connectivity index (χ1v) is 13.7. The van der Waals surface area contributed by atoms with Crippen LogP contribution in [0.2, 0.25) is 0 Å². The second kappa shape index (κ2) is 10.0. The molecule has 6 rings (SSSR count). The molecule has 4 heterocycles. The number of hydrogen-bond acceptors (Lipinski definition) is 7. The number of ether oxygens (including phenoxy) is 1. The summed E-state index contributed by atoms with van der Waals surface area (Å²) in [6.45, 7) is 7.26. The SMILES string of the molecule is CC(C)Sc1nc(N2CCCC2)c2cnn(CCNC(=O)C3c4ccccc4Oc4ccccc43)c2n1. The van der Waals surface area contributed by atoms with E-state index >= 15 is 0 Å². The number of nitrogens with one attached hydrogen (secondary N) is 1. The molecule has 0 spiro atoms. The summed E-state index contributed by atoms with van der Waals surface area (Å²) in [5, 5.41) is 9.89. The van der Waals surface area contributed by atoms with Gasteiger partial charge in [0.05, 0.1) is 24.0 Å². The van der Waals surface area contributed by atoms with Crippen LogP contribution in [0, 0.1) is 0 Å². The van der Waals surface area contributed by atoms with Gasteiger partial charge >= 0.3 is 0 Å². The number of amides is 1. The van der Waals surface area contributed by atoms with Crippen LogP contribution in [0.3, 0.4) is 0 Å². The molecule has 8 nitrogen and oxygen atoms in total. The molecule has 0 bridgehead atoms. The monoisotopic (exact) mass is 514 g/mol. The van der Waals surface area contributed by atoms with Crippen LogP contribution in [-0.4, -0.2) is 50.5 Å². The number of para-hydroxylation sites is 2. The maximum Gasteiger partial charge on any atom is 0.232 e. The van der Waals surface area contributed by atoms with Gasteiger partial charge in [0.25, 0.3) is 0 Å². The largest absolute Gasteiger partial charge is 0.457 e. The summed E-state index contributed by atoms with van der Waals surface area (Å²) < 4.78 is 7.93. The molecule has 190 valence electrons. The van der Waals surface area contributed by atoms with Crippen LogP contribution in [-0.2, 0) is 11.3 Å². The maximum absolute atomic E-state index is 13.5. The van der Waals surface area contributed by atoms with E-state index in [-0.39, 0.29) is 5.91 Å². The summed E-state index contributed by atoms with van der Waals surface area (Å²) in [6.07, 6.45) is 4.22. The number of carbonyl (C=O) groups excluding carboxylic acids is 1. The zero-order valence-corrected chi connectivity index (χ0v) is 21.9. The van der Waals surface area contributed by atoms with Crippen molar-refractivity contribution in [3.05, 3.63) is 65.9 Å². The predicted octanol–water partition coefficient (Wildman–Crippen LogP) is 4.98. The molecule has 2 aliphatic heterocycles. The molecular weight excluding hydrogens is 484 g/mol. The Kier molecular flexibility index (Phi) is 6.46. The molecule has 0 aliphatic carbocycles. The average molecular weight is 515 g/mol. The summed E-state index contributed by atoms with van der Waals surface area (Å²) in [7, 11) is 0. The number of aromatic nitrogens is 4. The second-order valence-electron chi connectivity index (χ2n) is 9.70. The van der Waals surface area contributed by atoms with Crippen LogP contribution in [0.15, 0.2) is 59.9 Å². The minimum Gasteiger partial charge on any atom is -0.457 e. The maximum atomic E-state index is 13.5. The first kappa shape index (κ1) is 23.8. The fourth-order valence-corrected chi connectivity index (χ4v) is 5.80. The minimum absolute atomic E-state index is 0.0527. The molecule has 0 unspecified atom stereocenters. The van der Waals surface area contributed by atoms with Gasteiger partial charge in [-0.25, -0.2) is 14.6 Å². The van der Waals surface area contributed by atoms with Gasteiger partial charge in [-0.3, -0.25) is 4.79 Å². The number of nitrogens with zero attached hydrogens (tertiary/aromatic N) is 5. The Labute approximate surface area is 220 Å². The molecule has 0 saturated carbocycles. The van der Waals surface area contributed by atoms with Crippen molar-refractivity contribution in [3.63, 3.8) is 0 Å². The zero-order valence-electron chi connectivity index (χ0n) is 21.1. The zero-order chi connectivity index (χ0) is 25.4. The molecular formula is C28H30N6O2S. The van der Waals surface area contributed by atoms with Gasteiger partial charge in [-0.1, -0.05) is 62.0 Å². The van der Waals surface area contributed by atoms with E-state index in [0.717, 1.165) is 57.7 Å². The van der Waals surface area contributed by atoms with Gasteiger partial charge in [-0.15, -0.1) is 0 Å². The first-order valence-electron chi connectivity index (χ1n) is 12.9. The van der Waals surface area contributed by atoms with E-state index in [2.05, 4.69) is 29.2 Å². The van der Waals surface area contributed by atoms with Crippen molar-refractivity contribution in [3.8, 4) is 11.5 Å². The molecule has 2 aliphatic rings. The summed E-state index contributed by atoms with van der Waals surface area (Å²) >= 11 is 1.66. The van der Waals surface area contributed by atoms with Crippen molar-refractivity contribution in [2.75, 3.05) is 24.5 Å². The number of benzene rings is 2. The highest BCUT2D eigenvalue weighted by Gasteiger charge is 2.32. The normalized spacial score (nSPS) is 15.1. The molecule has 0 radical (unpaired) electrons. The summed E-state index contributed by atoms with van der Waals surface area (Å²) in [5.74, 6) is 1.94. The van der Waals surface area contributed by atoms with Crippen molar-refractivity contribution in [2.24, 2.45) is 0 Å². The molecule has 1 amide bonds. The van der Waals surface area contributed by atoms with Gasteiger partial charge in [0.15, 0.2) is 10.8 Å². The number of anilines is 1. The quantitative estimate of drug-likeness (QED) is 0.275. The molecule has 9 heteroatoms. The van der Waals surface area contributed by atoms with Gasteiger partial charge in [-0.05, 0) is 25.0 Å². The van der Waals surface area contributed by atoms with Crippen LogP contribution in [0.1, 0.15) is 43.7 Å². The number of fused-ring (bicyclic) bond motifs is 3. The van der Waals surface area contributed by atoms with Gasteiger partial charge < -0.3 is 15.0 Å². The Morgan fingerprint density at radius 3 is 2.41 bits per heavy atom. The molecule has 2 aromatic heterocycles. The Morgan fingerprint density at radius 2 is 1.73 bits per heavy atom. The highest BCUT2D eigenvalue weighted by atomic mass is 32.2. The Bertz CT molecular complexity index is 1400. The lowest BCUT2D eigenvalue weighted by molar-refractivity contribution is -0.121. The van der Waals surface area contributed by atoms with Crippen molar-refractivity contribution in [1.29, 1.82) is 0 Å². The summed E-state index contributed by atoms with van der Waals surface area (Å²) in [5.41, 5.74) is 2.57. The lowest BCUT2D eigenvalue weighted by Gasteiger charge is -2.27. The van der Waals surface area contributed by atoms with E-state index in [9.17, 15) is 4.79 Å². The van der Waals surface area contributed by atoms with Gasteiger partial charge in [0.1, 0.15) is 17.3 Å². The molecule has 2 aromatic carbocycles. The van der Waals surface area contributed by atoms with Gasteiger partial charge in [0.2, 0.25) is 5.91 Å². The predicted molar refractivity (Wildman–Crippen MR) is 146 cm³/mol.